The maximum atomic E-state index is 13.5. The number of benzene rings is 2. The van der Waals surface area contributed by atoms with Crippen molar-refractivity contribution in [3.05, 3.63) is 68.8 Å². The average molecular weight is 455 g/mol. The van der Waals surface area contributed by atoms with Crippen LogP contribution < -0.4 is 5.56 Å². The summed E-state index contributed by atoms with van der Waals surface area (Å²) in [6.45, 7) is 11.6. The van der Waals surface area contributed by atoms with Crippen LogP contribution in [0.1, 0.15) is 41.0 Å². The van der Waals surface area contributed by atoms with Crippen molar-refractivity contribution in [2.45, 2.75) is 45.6 Å². The molecule has 2 aromatic carbocycles. The first-order valence-corrected chi connectivity index (χ1v) is 12.4. The Morgan fingerprint density at radius 1 is 0.969 bits per heavy atom. The predicted molar refractivity (Wildman–Crippen MR) is 127 cm³/mol. The highest BCUT2D eigenvalue weighted by Gasteiger charge is 2.33. The fraction of sp³-hybridized carbons (Fsp3) is 0.417. The van der Waals surface area contributed by atoms with E-state index in [1.54, 1.807) is 10.4 Å². The lowest BCUT2D eigenvalue weighted by molar-refractivity contribution is 0.141. The number of fused-ring (bicyclic) bond motifs is 1. The van der Waals surface area contributed by atoms with Crippen molar-refractivity contribution in [2.24, 2.45) is 0 Å². The van der Waals surface area contributed by atoms with Gasteiger partial charge in [-0.25, -0.2) is 13.4 Å². The van der Waals surface area contributed by atoms with E-state index < -0.39 is 10.0 Å². The summed E-state index contributed by atoms with van der Waals surface area (Å²) < 4.78 is 28.6. The highest BCUT2D eigenvalue weighted by molar-refractivity contribution is 7.89. The zero-order valence-corrected chi connectivity index (χ0v) is 20.1. The second-order valence-corrected chi connectivity index (χ2v) is 10.5. The Hall–Kier alpha value is -2.55. The summed E-state index contributed by atoms with van der Waals surface area (Å²) in [6, 6.07) is 9.20. The molecular weight excluding hydrogens is 424 g/mol. The zero-order valence-electron chi connectivity index (χ0n) is 19.3. The van der Waals surface area contributed by atoms with E-state index in [9.17, 15) is 13.2 Å². The number of piperazine rings is 1. The van der Waals surface area contributed by atoms with Crippen LogP contribution in [-0.4, -0.2) is 53.8 Å². The van der Waals surface area contributed by atoms with Gasteiger partial charge in [0.1, 0.15) is 5.82 Å². The molecule has 1 fully saturated rings. The SMILES string of the molecule is Cc1cc(C)c(C)c(S(=O)(=O)N2CCN([C@@H](C)c3nc4ccccc4c(=O)[nH]3)CC2)c1C. The monoisotopic (exact) mass is 454 g/mol. The van der Waals surface area contributed by atoms with Gasteiger partial charge in [0, 0.05) is 26.2 Å². The topological polar surface area (TPSA) is 86.4 Å². The molecule has 32 heavy (non-hydrogen) atoms. The van der Waals surface area contributed by atoms with Crippen LogP contribution in [0.3, 0.4) is 0 Å². The lowest BCUT2D eigenvalue weighted by Gasteiger charge is -2.37. The number of sulfonamides is 1. The molecule has 4 rings (SSSR count). The molecule has 1 N–H and O–H groups in total. The minimum Gasteiger partial charge on any atom is -0.309 e. The standard InChI is InChI=1S/C24H30N4O3S/c1-15-14-16(2)18(4)22(17(15)3)32(30,31)28-12-10-27(11-13-28)19(5)23-25-21-9-7-6-8-20(21)24(29)26-23/h6-9,14,19H,10-13H2,1-5H3,(H,25,26,29)/t19-/m0/s1. The number of rotatable bonds is 4. The number of nitrogens with zero attached hydrogens (tertiary/aromatic N) is 3. The van der Waals surface area contributed by atoms with Crippen molar-refractivity contribution in [2.75, 3.05) is 26.2 Å². The molecule has 0 radical (unpaired) electrons. The third-order valence-electron chi connectivity index (χ3n) is 6.74. The molecule has 1 aliphatic heterocycles. The van der Waals surface area contributed by atoms with Gasteiger partial charge in [-0.2, -0.15) is 4.31 Å². The van der Waals surface area contributed by atoms with E-state index in [1.165, 1.54) is 0 Å². The third-order valence-corrected chi connectivity index (χ3v) is 8.92. The second kappa shape index (κ2) is 8.42. The van der Waals surface area contributed by atoms with Gasteiger partial charge in [0.25, 0.3) is 5.56 Å². The quantitative estimate of drug-likeness (QED) is 0.654. The van der Waals surface area contributed by atoms with Gasteiger partial charge in [-0.05, 0) is 69.0 Å². The van der Waals surface area contributed by atoms with Crippen LogP contribution >= 0.6 is 0 Å². The first-order valence-electron chi connectivity index (χ1n) is 10.9. The van der Waals surface area contributed by atoms with E-state index in [0.717, 1.165) is 22.3 Å². The molecule has 2 heterocycles. The van der Waals surface area contributed by atoms with E-state index in [4.69, 9.17) is 0 Å². The lowest BCUT2D eigenvalue weighted by atomic mass is 10.0. The van der Waals surface area contributed by atoms with Crippen molar-refractivity contribution in [1.29, 1.82) is 0 Å². The lowest BCUT2D eigenvalue weighted by Crippen LogP contribution is -2.49. The van der Waals surface area contributed by atoms with Crippen LogP contribution in [0.4, 0.5) is 0 Å². The predicted octanol–water partition coefficient (Wildman–Crippen LogP) is 3.22. The van der Waals surface area contributed by atoms with Crippen LogP contribution in [0.5, 0.6) is 0 Å². The van der Waals surface area contributed by atoms with Gasteiger partial charge in [-0.1, -0.05) is 18.2 Å². The molecule has 0 spiro atoms. The normalized spacial score (nSPS) is 17.0. The van der Waals surface area contributed by atoms with E-state index in [-0.39, 0.29) is 11.6 Å². The van der Waals surface area contributed by atoms with Gasteiger partial charge in [-0.15, -0.1) is 0 Å². The number of aromatic nitrogens is 2. The molecule has 170 valence electrons. The molecule has 0 bridgehead atoms. The maximum Gasteiger partial charge on any atom is 0.258 e. The summed E-state index contributed by atoms with van der Waals surface area (Å²) in [4.78, 5) is 22.6. The van der Waals surface area contributed by atoms with E-state index in [1.807, 2.05) is 58.9 Å². The molecule has 0 aliphatic carbocycles. The van der Waals surface area contributed by atoms with Crippen LogP contribution in [0.15, 0.2) is 40.0 Å². The number of para-hydroxylation sites is 1. The number of hydrogen-bond acceptors (Lipinski definition) is 5. The molecular formula is C24H30N4O3S. The van der Waals surface area contributed by atoms with Crippen molar-refractivity contribution in [3.8, 4) is 0 Å². The molecule has 0 unspecified atom stereocenters. The van der Waals surface area contributed by atoms with Crippen molar-refractivity contribution in [3.63, 3.8) is 0 Å². The highest BCUT2D eigenvalue weighted by atomic mass is 32.2. The number of aromatic amines is 1. The van der Waals surface area contributed by atoms with Crippen LogP contribution in [0.25, 0.3) is 10.9 Å². The summed E-state index contributed by atoms with van der Waals surface area (Å²) in [6.07, 6.45) is 0. The fourth-order valence-electron chi connectivity index (χ4n) is 4.50. The Morgan fingerprint density at radius 3 is 2.19 bits per heavy atom. The second-order valence-electron chi connectivity index (χ2n) is 8.67. The molecule has 1 atom stereocenters. The molecule has 1 saturated heterocycles. The van der Waals surface area contributed by atoms with Gasteiger partial charge in [0.15, 0.2) is 0 Å². The maximum absolute atomic E-state index is 13.5. The van der Waals surface area contributed by atoms with Gasteiger partial charge < -0.3 is 4.98 Å². The molecule has 1 aromatic heterocycles. The van der Waals surface area contributed by atoms with Gasteiger partial charge in [-0.3, -0.25) is 9.69 Å². The summed E-state index contributed by atoms with van der Waals surface area (Å²) in [5.41, 5.74) is 4.14. The largest absolute Gasteiger partial charge is 0.309 e. The zero-order chi connectivity index (χ0) is 23.2. The summed E-state index contributed by atoms with van der Waals surface area (Å²) in [5.74, 6) is 0.603. The molecule has 7 nitrogen and oxygen atoms in total. The Morgan fingerprint density at radius 2 is 1.56 bits per heavy atom. The summed E-state index contributed by atoms with van der Waals surface area (Å²) >= 11 is 0. The minimum atomic E-state index is -3.58. The van der Waals surface area contributed by atoms with E-state index >= 15 is 0 Å². The van der Waals surface area contributed by atoms with Crippen molar-refractivity contribution >= 4 is 20.9 Å². The minimum absolute atomic E-state index is 0.123. The summed E-state index contributed by atoms with van der Waals surface area (Å²) in [7, 11) is -3.58. The van der Waals surface area contributed by atoms with Crippen molar-refractivity contribution in [1.82, 2.24) is 19.2 Å². The number of aryl methyl sites for hydroxylation is 2. The average Bonchev–Trinajstić information content (AvgIpc) is 2.77. The Balaban J connectivity index is 1.55. The van der Waals surface area contributed by atoms with Crippen LogP contribution in [-0.2, 0) is 10.0 Å². The fourth-order valence-corrected chi connectivity index (χ4v) is 6.50. The van der Waals surface area contributed by atoms with Crippen LogP contribution in [0.2, 0.25) is 0 Å². The Bertz CT molecular complexity index is 1310. The molecule has 1 aliphatic rings. The van der Waals surface area contributed by atoms with Gasteiger partial charge in [0.05, 0.1) is 21.8 Å². The number of H-pyrrole nitrogens is 1. The first-order chi connectivity index (χ1) is 15.1. The smallest absolute Gasteiger partial charge is 0.258 e. The first kappa shape index (κ1) is 22.6. The highest BCUT2D eigenvalue weighted by Crippen LogP contribution is 2.30. The van der Waals surface area contributed by atoms with Crippen molar-refractivity contribution < 1.29 is 8.42 Å². The van der Waals surface area contributed by atoms with Gasteiger partial charge in [0.2, 0.25) is 10.0 Å². The Kier molecular flexibility index (Phi) is 5.96. The third kappa shape index (κ3) is 3.87. The summed E-state index contributed by atoms with van der Waals surface area (Å²) in [5, 5.41) is 0.568. The molecule has 0 saturated carbocycles. The molecule has 3 aromatic rings. The van der Waals surface area contributed by atoms with E-state index in [0.29, 0.717) is 47.8 Å². The van der Waals surface area contributed by atoms with Gasteiger partial charge >= 0.3 is 0 Å². The number of hydrogen-bond donors (Lipinski definition) is 1. The van der Waals surface area contributed by atoms with Crippen LogP contribution in [0, 0.1) is 27.7 Å². The molecule has 0 amide bonds. The molecule has 8 heteroatoms. The Labute approximate surface area is 189 Å². The van der Waals surface area contributed by atoms with E-state index in [2.05, 4.69) is 14.9 Å². The number of nitrogens with one attached hydrogen (secondary N) is 1.